The van der Waals surface area contributed by atoms with E-state index in [2.05, 4.69) is 14.2 Å². The third-order valence-electron chi connectivity index (χ3n) is 4.50. The second-order valence-electron chi connectivity index (χ2n) is 6.20. The van der Waals surface area contributed by atoms with Crippen LogP contribution < -0.4 is 4.72 Å². The van der Waals surface area contributed by atoms with E-state index in [1.165, 1.54) is 12.1 Å². The van der Waals surface area contributed by atoms with Gasteiger partial charge in [0.1, 0.15) is 0 Å². The molecule has 9 nitrogen and oxygen atoms in total. The van der Waals surface area contributed by atoms with Gasteiger partial charge in [0.25, 0.3) is 0 Å². The molecule has 0 bridgehead atoms. The summed E-state index contributed by atoms with van der Waals surface area (Å²) in [6, 6.07) is 3.06. The molecule has 148 valence electrons. The number of hydrogen-bond donors (Lipinski definition) is 2. The Kier molecular flexibility index (Phi) is 6.55. The van der Waals surface area contributed by atoms with Crippen LogP contribution in [0.15, 0.2) is 23.1 Å². The van der Waals surface area contributed by atoms with Gasteiger partial charge in [0.2, 0.25) is 10.0 Å². The van der Waals surface area contributed by atoms with E-state index < -0.39 is 44.8 Å². The molecule has 2 N–H and O–H groups in total. The number of benzene rings is 1. The number of esters is 2. The van der Waals surface area contributed by atoms with Gasteiger partial charge in [-0.2, -0.15) is 0 Å². The first kappa shape index (κ1) is 20.8. The molecule has 0 radical (unpaired) electrons. The summed E-state index contributed by atoms with van der Waals surface area (Å²) in [6.45, 7) is 0. The maximum absolute atomic E-state index is 12.8. The first-order chi connectivity index (χ1) is 12.7. The fourth-order valence-corrected chi connectivity index (χ4v) is 4.53. The van der Waals surface area contributed by atoms with Crippen LogP contribution in [0.1, 0.15) is 46.4 Å². The van der Waals surface area contributed by atoms with Crippen LogP contribution in [0.25, 0.3) is 0 Å². The van der Waals surface area contributed by atoms with Crippen LogP contribution in [0.5, 0.6) is 0 Å². The summed E-state index contributed by atoms with van der Waals surface area (Å²) in [7, 11) is -1.88. The summed E-state index contributed by atoms with van der Waals surface area (Å²) in [4.78, 5) is 34.3. The third-order valence-corrected chi connectivity index (χ3v) is 6.06. The van der Waals surface area contributed by atoms with Gasteiger partial charge in [-0.05, 0) is 43.9 Å². The van der Waals surface area contributed by atoms with Gasteiger partial charge in [-0.1, -0.05) is 0 Å². The molecule has 1 saturated carbocycles. The van der Waals surface area contributed by atoms with Crippen LogP contribution in [-0.4, -0.2) is 51.7 Å². The standard InChI is InChI=1S/C17H21NO8S/c1-25-16(21)11-5-8-13(17(22)26-2)14(9-11)27(23,24)18-12-6-3-10(4-7-12)15(19)20/h5,8-10,12,18H,3-4,6-7H2,1-2H3,(H,19,20). The molecular weight excluding hydrogens is 378 g/mol. The normalized spacial score (nSPS) is 19.9. The largest absolute Gasteiger partial charge is 0.481 e. The molecule has 0 aromatic heterocycles. The number of carboxylic acid groups (broad SMARTS) is 1. The fraction of sp³-hybridized carbons (Fsp3) is 0.471. The summed E-state index contributed by atoms with van der Waals surface area (Å²) >= 11 is 0. The number of sulfonamides is 1. The lowest BCUT2D eigenvalue weighted by Crippen LogP contribution is -2.39. The Balaban J connectivity index is 2.31. The molecule has 0 unspecified atom stereocenters. The van der Waals surface area contributed by atoms with Crippen LogP contribution in [0, 0.1) is 5.92 Å². The lowest BCUT2D eigenvalue weighted by atomic mass is 9.87. The van der Waals surface area contributed by atoms with Crippen molar-refractivity contribution >= 4 is 27.9 Å². The molecule has 0 atom stereocenters. The third kappa shape index (κ3) is 4.83. The number of aliphatic carboxylic acids is 1. The van der Waals surface area contributed by atoms with E-state index in [1.54, 1.807) is 0 Å². The highest BCUT2D eigenvalue weighted by Gasteiger charge is 2.31. The monoisotopic (exact) mass is 399 g/mol. The topological polar surface area (TPSA) is 136 Å². The Morgan fingerprint density at radius 3 is 2.15 bits per heavy atom. The number of carbonyl (C=O) groups excluding carboxylic acids is 2. The van der Waals surface area contributed by atoms with Crippen molar-refractivity contribution in [2.24, 2.45) is 5.92 Å². The molecular formula is C17H21NO8S. The summed E-state index contributed by atoms with van der Waals surface area (Å²) in [5.41, 5.74) is -0.239. The highest BCUT2D eigenvalue weighted by atomic mass is 32.2. The molecule has 1 aliphatic carbocycles. The number of methoxy groups -OCH3 is 2. The first-order valence-electron chi connectivity index (χ1n) is 8.25. The van der Waals surface area contributed by atoms with Gasteiger partial charge in [-0.3, -0.25) is 4.79 Å². The predicted molar refractivity (Wildman–Crippen MR) is 92.8 cm³/mol. The quantitative estimate of drug-likeness (QED) is 0.681. The zero-order chi connectivity index (χ0) is 20.2. The second-order valence-corrected chi connectivity index (χ2v) is 7.88. The van der Waals surface area contributed by atoms with Crippen molar-refractivity contribution in [3.8, 4) is 0 Å². The molecule has 0 amide bonds. The second kappa shape index (κ2) is 8.49. The molecule has 1 aliphatic rings. The molecule has 27 heavy (non-hydrogen) atoms. The van der Waals surface area contributed by atoms with Crippen molar-refractivity contribution in [2.75, 3.05) is 14.2 Å². The van der Waals surface area contributed by atoms with Crippen molar-refractivity contribution in [1.29, 1.82) is 0 Å². The number of carbonyl (C=O) groups is 3. The van der Waals surface area contributed by atoms with E-state index in [0.29, 0.717) is 25.7 Å². The highest BCUT2D eigenvalue weighted by Crippen LogP contribution is 2.27. The average molecular weight is 399 g/mol. The Hall–Kier alpha value is -2.46. The molecule has 1 aromatic carbocycles. The van der Waals surface area contributed by atoms with Crippen LogP contribution >= 0.6 is 0 Å². The first-order valence-corrected chi connectivity index (χ1v) is 9.73. The van der Waals surface area contributed by atoms with Gasteiger partial charge in [-0.15, -0.1) is 0 Å². The van der Waals surface area contributed by atoms with Crippen molar-refractivity contribution in [2.45, 2.75) is 36.6 Å². The van der Waals surface area contributed by atoms with Crippen molar-refractivity contribution in [1.82, 2.24) is 4.72 Å². The molecule has 0 spiro atoms. The maximum Gasteiger partial charge on any atom is 0.339 e. The van der Waals surface area contributed by atoms with Crippen molar-refractivity contribution < 1.29 is 37.4 Å². The molecule has 2 rings (SSSR count). The van der Waals surface area contributed by atoms with Crippen LogP contribution in [0.4, 0.5) is 0 Å². The molecule has 0 saturated heterocycles. The lowest BCUT2D eigenvalue weighted by molar-refractivity contribution is -0.142. The zero-order valence-corrected chi connectivity index (χ0v) is 15.7. The Morgan fingerprint density at radius 2 is 1.63 bits per heavy atom. The molecule has 0 aliphatic heterocycles. The zero-order valence-electron chi connectivity index (χ0n) is 14.9. The van der Waals surface area contributed by atoms with Crippen LogP contribution in [0.3, 0.4) is 0 Å². The van der Waals surface area contributed by atoms with Gasteiger partial charge in [0, 0.05) is 6.04 Å². The summed E-state index contributed by atoms with van der Waals surface area (Å²) in [6.07, 6.45) is 1.43. The predicted octanol–water partition coefficient (Wildman–Crippen LogP) is 1.18. The van der Waals surface area contributed by atoms with Gasteiger partial charge in [0.15, 0.2) is 0 Å². The Labute approximate surface area is 156 Å². The lowest BCUT2D eigenvalue weighted by Gasteiger charge is -2.26. The molecule has 10 heteroatoms. The summed E-state index contributed by atoms with van der Waals surface area (Å²) in [5.74, 6) is -2.99. The summed E-state index contributed by atoms with van der Waals surface area (Å²) < 4.78 is 37.4. The van der Waals surface area contributed by atoms with Crippen LogP contribution in [-0.2, 0) is 24.3 Å². The number of rotatable bonds is 6. The van der Waals surface area contributed by atoms with E-state index in [4.69, 9.17) is 5.11 Å². The minimum Gasteiger partial charge on any atom is -0.481 e. The van der Waals surface area contributed by atoms with Crippen molar-refractivity contribution in [3.05, 3.63) is 29.3 Å². The smallest absolute Gasteiger partial charge is 0.339 e. The highest BCUT2D eigenvalue weighted by molar-refractivity contribution is 7.89. The number of hydrogen-bond acceptors (Lipinski definition) is 7. The van der Waals surface area contributed by atoms with E-state index in [0.717, 1.165) is 20.3 Å². The minimum absolute atomic E-state index is 0.0277. The number of carboxylic acids is 1. The van der Waals surface area contributed by atoms with Gasteiger partial charge < -0.3 is 14.6 Å². The fourth-order valence-electron chi connectivity index (χ4n) is 3.01. The Bertz CT molecular complexity index is 840. The van der Waals surface area contributed by atoms with E-state index in [1.807, 2.05) is 0 Å². The van der Waals surface area contributed by atoms with E-state index in [-0.39, 0.29) is 11.1 Å². The maximum atomic E-state index is 12.8. The van der Waals surface area contributed by atoms with Gasteiger partial charge in [0.05, 0.1) is 36.2 Å². The molecule has 1 aromatic rings. The summed E-state index contributed by atoms with van der Waals surface area (Å²) in [5, 5.41) is 9.03. The SMILES string of the molecule is COC(=O)c1ccc(C(=O)OC)c(S(=O)(=O)NC2CCC(C(=O)O)CC2)c1. The van der Waals surface area contributed by atoms with Gasteiger partial charge >= 0.3 is 17.9 Å². The van der Waals surface area contributed by atoms with Gasteiger partial charge in [-0.25, -0.2) is 22.7 Å². The minimum atomic E-state index is -4.15. The molecule has 1 fully saturated rings. The van der Waals surface area contributed by atoms with E-state index >= 15 is 0 Å². The van der Waals surface area contributed by atoms with Crippen LogP contribution in [0.2, 0.25) is 0 Å². The van der Waals surface area contributed by atoms with E-state index in [9.17, 15) is 22.8 Å². The average Bonchev–Trinajstić information content (AvgIpc) is 2.66. The number of ether oxygens (including phenoxy) is 2. The molecule has 0 heterocycles. The Morgan fingerprint density at radius 1 is 1.04 bits per heavy atom. The number of nitrogens with one attached hydrogen (secondary N) is 1. The van der Waals surface area contributed by atoms with Crippen molar-refractivity contribution in [3.63, 3.8) is 0 Å².